The van der Waals surface area contributed by atoms with Gasteiger partial charge < -0.3 is 9.47 Å². The Labute approximate surface area is 93.5 Å². The third-order valence-electron chi connectivity index (χ3n) is 2.44. The van der Waals surface area contributed by atoms with E-state index in [-0.39, 0.29) is 6.61 Å². The van der Waals surface area contributed by atoms with Crippen LogP contribution in [-0.2, 0) is 19.1 Å². The van der Waals surface area contributed by atoms with Crippen molar-refractivity contribution >= 4 is 18.0 Å². The number of esters is 2. The van der Waals surface area contributed by atoms with Crippen LogP contribution in [0.3, 0.4) is 0 Å². The average Bonchev–Trinajstić information content (AvgIpc) is 2.46. The van der Waals surface area contributed by atoms with Gasteiger partial charge in [-0.3, -0.25) is 4.90 Å². The van der Waals surface area contributed by atoms with Crippen LogP contribution in [0.2, 0.25) is 0 Å². The van der Waals surface area contributed by atoms with Crippen LogP contribution in [0.1, 0.15) is 27.2 Å². The van der Waals surface area contributed by atoms with Gasteiger partial charge in [-0.15, -0.1) is 0 Å². The fraction of sp³-hybridized carbons (Fsp3) is 0.700. The summed E-state index contributed by atoms with van der Waals surface area (Å²) >= 11 is 0. The van der Waals surface area contributed by atoms with E-state index in [1.165, 1.54) is 6.92 Å². The molecule has 6 heteroatoms. The number of hydrogen-bond donors (Lipinski definition) is 0. The predicted molar refractivity (Wildman–Crippen MR) is 53.5 cm³/mol. The molecule has 1 rings (SSSR count). The molecule has 1 aliphatic heterocycles. The number of cyclic esters (lactones) is 2. The molecule has 1 fully saturated rings. The maximum Gasteiger partial charge on any atom is 0.419 e. The Morgan fingerprint density at radius 1 is 1.50 bits per heavy atom. The van der Waals surface area contributed by atoms with Crippen LogP contribution in [0.4, 0.5) is 4.79 Å². The van der Waals surface area contributed by atoms with E-state index in [0.717, 1.165) is 4.90 Å². The van der Waals surface area contributed by atoms with Gasteiger partial charge in [0.2, 0.25) is 0 Å². The molecule has 0 spiro atoms. The van der Waals surface area contributed by atoms with Gasteiger partial charge in [0.15, 0.2) is 0 Å². The molecule has 0 radical (unpaired) electrons. The molecular formula is C10H15NO5. The lowest BCUT2D eigenvalue weighted by atomic mass is 10.1. The summed E-state index contributed by atoms with van der Waals surface area (Å²) in [7, 11) is 0. The standard InChI is InChI=1S/C10H15NO5/c1-4-7(9(13)15-5-2)11-6(3)8(12)16-10(11)14/h6-7H,4-5H2,1-3H3/t6-,7-/m0/s1. The van der Waals surface area contributed by atoms with Crippen LogP contribution in [0.15, 0.2) is 0 Å². The minimum Gasteiger partial charge on any atom is -0.464 e. The first-order valence-electron chi connectivity index (χ1n) is 5.23. The quantitative estimate of drug-likeness (QED) is 0.524. The highest BCUT2D eigenvalue weighted by molar-refractivity contribution is 5.97. The minimum atomic E-state index is -0.780. The van der Waals surface area contributed by atoms with Gasteiger partial charge in [0, 0.05) is 0 Å². The van der Waals surface area contributed by atoms with E-state index in [9.17, 15) is 14.4 Å². The summed E-state index contributed by atoms with van der Waals surface area (Å²) in [6.45, 7) is 5.18. The van der Waals surface area contributed by atoms with E-state index >= 15 is 0 Å². The Morgan fingerprint density at radius 3 is 2.50 bits per heavy atom. The van der Waals surface area contributed by atoms with Crippen molar-refractivity contribution in [1.82, 2.24) is 4.90 Å². The highest BCUT2D eigenvalue weighted by Crippen LogP contribution is 2.19. The van der Waals surface area contributed by atoms with E-state index in [1.807, 2.05) is 0 Å². The van der Waals surface area contributed by atoms with Crippen LogP contribution >= 0.6 is 0 Å². The Balaban J connectivity index is 2.84. The molecule has 0 unspecified atom stereocenters. The molecule has 6 nitrogen and oxygen atoms in total. The maximum atomic E-state index is 11.6. The zero-order valence-electron chi connectivity index (χ0n) is 9.56. The van der Waals surface area contributed by atoms with Gasteiger partial charge >= 0.3 is 18.0 Å². The first-order valence-corrected chi connectivity index (χ1v) is 5.23. The van der Waals surface area contributed by atoms with Crippen LogP contribution in [0.5, 0.6) is 0 Å². The summed E-state index contributed by atoms with van der Waals surface area (Å²) in [5.74, 6) is -1.14. The number of ether oxygens (including phenoxy) is 2. The summed E-state index contributed by atoms with van der Waals surface area (Å²) in [5.41, 5.74) is 0. The highest BCUT2D eigenvalue weighted by atomic mass is 16.6. The van der Waals surface area contributed by atoms with Crippen LogP contribution in [0, 0.1) is 0 Å². The average molecular weight is 229 g/mol. The number of rotatable bonds is 4. The minimum absolute atomic E-state index is 0.237. The largest absolute Gasteiger partial charge is 0.464 e. The SMILES string of the molecule is CCOC(=O)[C@H](CC)N1C(=O)OC(=O)[C@@H]1C. The third-order valence-corrected chi connectivity index (χ3v) is 2.44. The van der Waals surface area contributed by atoms with Crippen LogP contribution in [0.25, 0.3) is 0 Å². The molecule has 1 amide bonds. The molecule has 0 N–H and O–H groups in total. The van der Waals surface area contributed by atoms with Crippen molar-refractivity contribution in [1.29, 1.82) is 0 Å². The van der Waals surface area contributed by atoms with Crippen LogP contribution < -0.4 is 0 Å². The second-order valence-electron chi connectivity index (χ2n) is 3.45. The second-order valence-corrected chi connectivity index (χ2v) is 3.45. The van der Waals surface area contributed by atoms with Gasteiger partial charge in [0.1, 0.15) is 12.1 Å². The summed E-state index contributed by atoms with van der Waals surface area (Å²) < 4.78 is 9.28. The predicted octanol–water partition coefficient (Wildman–Crippen LogP) is 0.695. The molecule has 0 aromatic carbocycles. The summed E-state index contributed by atoms with van der Waals surface area (Å²) in [4.78, 5) is 35.2. The molecule has 90 valence electrons. The molecule has 2 atom stereocenters. The molecule has 0 aromatic heterocycles. The lowest BCUT2D eigenvalue weighted by molar-refractivity contribution is -0.149. The van der Waals surface area contributed by atoms with Crippen molar-refractivity contribution in [3.63, 3.8) is 0 Å². The summed E-state index contributed by atoms with van der Waals surface area (Å²) in [5, 5.41) is 0. The van der Waals surface area contributed by atoms with E-state index < -0.39 is 30.1 Å². The van der Waals surface area contributed by atoms with Crippen molar-refractivity contribution < 1.29 is 23.9 Å². The highest BCUT2D eigenvalue weighted by Gasteiger charge is 2.44. The van der Waals surface area contributed by atoms with Gasteiger partial charge in [-0.25, -0.2) is 14.4 Å². The van der Waals surface area contributed by atoms with Crippen molar-refractivity contribution in [3.05, 3.63) is 0 Å². The fourth-order valence-electron chi connectivity index (χ4n) is 1.61. The molecule has 16 heavy (non-hydrogen) atoms. The van der Waals surface area contributed by atoms with Crippen molar-refractivity contribution in [2.45, 2.75) is 39.3 Å². The molecular weight excluding hydrogens is 214 g/mol. The maximum absolute atomic E-state index is 11.6. The Kier molecular flexibility index (Phi) is 3.87. The van der Waals surface area contributed by atoms with E-state index in [1.54, 1.807) is 13.8 Å². The topological polar surface area (TPSA) is 72.9 Å². The lowest BCUT2D eigenvalue weighted by Crippen LogP contribution is -2.46. The Hall–Kier alpha value is -1.59. The first kappa shape index (κ1) is 12.5. The molecule has 1 aliphatic rings. The fourth-order valence-corrected chi connectivity index (χ4v) is 1.61. The van der Waals surface area contributed by atoms with Gasteiger partial charge in [0.25, 0.3) is 0 Å². The second kappa shape index (κ2) is 4.96. The van der Waals surface area contributed by atoms with E-state index in [0.29, 0.717) is 6.42 Å². The molecule has 0 bridgehead atoms. The summed E-state index contributed by atoms with van der Waals surface area (Å²) in [6.07, 6.45) is -0.400. The van der Waals surface area contributed by atoms with Gasteiger partial charge in [-0.2, -0.15) is 0 Å². The van der Waals surface area contributed by atoms with Crippen molar-refractivity contribution in [2.75, 3.05) is 6.61 Å². The van der Waals surface area contributed by atoms with Crippen molar-refractivity contribution in [3.8, 4) is 0 Å². The normalized spacial score (nSPS) is 21.9. The number of hydrogen-bond acceptors (Lipinski definition) is 5. The number of nitrogens with zero attached hydrogens (tertiary/aromatic N) is 1. The molecule has 0 aliphatic carbocycles. The smallest absolute Gasteiger partial charge is 0.419 e. The number of carbonyl (C=O) groups excluding carboxylic acids is 3. The Morgan fingerprint density at radius 2 is 2.12 bits per heavy atom. The van der Waals surface area contributed by atoms with Crippen molar-refractivity contribution in [2.24, 2.45) is 0 Å². The third kappa shape index (κ3) is 2.15. The zero-order valence-corrected chi connectivity index (χ0v) is 9.56. The van der Waals surface area contributed by atoms with E-state index in [4.69, 9.17) is 4.74 Å². The summed E-state index contributed by atoms with van der Waals surface area (Å²) in [6, 6.07) is -1.49. The zero-order chi connectivity index (χ0) is 12.3. The number of carbonyl (C=O) groups is 3. The molecule has 1 heterocycles. The molecule has 0 saturated carbocycles. The number of amides is 1. The first-order chi connectivity index (χ1) is 7.52. The lowest BCUT2D eigenvalue weighted by Gasteiger charge is -2.24. The van der Waals surface area contributed by atoms with Gasteiger partial charge in [-0.1, -0.05) is 6.92 Å². The van der Waals surface area contributed by atoms with Crippen LogP contribution in [-0.4, -0.2) is 41.6 Å². The van der Waals surface area contributed by atoms with Gasteiger partial charge in [-0.05, 0) is 20.3 Å². The van der Waals surface area contributed by atoms with E-state index in [2.05, 4.69) is 4.74 Å². The monoisotopic (exact) mass is 229 g/mol. The molecule has 0 aromatic rings. The molecule has 1 saturated heterocycles. The Bertz CT molecular complexity index is 314. The van der Waals surface area contributed by atoms with Gasteiger partial charge in [0.05, 0.1) is 6.61 Å².